The van der Waals surface area contributed by atoms with E-state index in [0.717, 1.165) is 32.5 Å². The van der Waals surface area contributed by atoms with Crippen molar-refractivity contribution in [1.29, 1.82) is 0 Å². The molecular formula is C35H40N4O5S. The number of esters is 1. The number of hydrogen-bond acceptors (Lipinski definition) is 7. The lowest BCUT2D eigenvalue weighted by Gasteiger charge is -2.33. The van der Waals surface area contributed by atoms with E-state index in [0.29, 0.717) is 40.3 Å². The van der Waals surface area contributed by atoms with Gasteiger partial charge in [-0.1, -0.05) is 30.3 Å². The number of benzene rings is 3. The van der Waals surface area contributed by atoms with Crippen LogP contribution in [0.5, 0.6) is 5.75 Å². The number of piperidine rings is 1. The van der Waals surface area contributed by atoms with Crippen LogP contribution in [0.25, 0.3) is 0 Å². The van der Waals surface area contributed by atoms with Crippen LogP contribution in [0, 0.1) is 5.92 Å². The SMILES string of the molecule is COC(=O)c1ccc(NC(=O)C[C@H]2C(=O)N(c3ccc(OC)cc3)C(=S)N2CCCN2CCC(Cc3ccccc3)CC2)cc1. The second kappa shape index (κ2) is 15.1. The Kier molecular flexibility index (Phi) is 10.8. The molecule has 3 aromatic carbocycles. The Balaban J connectivity index is 1.21. The van der Waals surface area contributed by atoms with Crippen LogP contribution in [-0.2, 0) is 20.7 Å². The topological polar surface area (TPSA) is 91.4 Å². The fraction of sp³-hybridized carbons (Fsp3) is 0.371. The van der Waals surface area contributed by atoms with Gasteiger partial charge in [-0.15, -0.1) is 0 Å². The van der Waals surface area contributed by atoms with Crippen molar-refractivity contribution in [2.75, 3.05) is 50.6 Å². The third-order valence-corrected chi connectivity index (χ3v) is 8.98. The number of anilines is 2. The smallest absolute Gasteiger partial charge is 0.337 e. The summed E-state index contributed by atoms with van der Waals surface area (Å²) in [6.45, 7) is 3.57. The quantitative estimate of drug-likeness (QED) is 0.217. The molecule has 1 N–H and O–H groups in total. The van der Waals surface area contributed by atoms with Gasteiger partial charge in [0.15, 0.2) is 5.11 Å². The maximum absolute atomic E-state index is 13.8. The highest BCUT2D eigenvalue weighted by atomic mass is 32.1. The molecule has 0 aromatic heterocycles. The van der Waals surface area contributed by atoms with Gasteiger partial charge in [-0.05, 0) is 118 Å². The Morgan fingerprint density at radius 2 is 1.60 bits per heavy atom. The number of nitrogens with one attached hydrogen (secondary N) is 1. The standard InChI is InChI=1S/C35H40N4O5S/c1-43-30-15-13-29(14-16-30)39-33(41)31(24-32(40)36-28-11-9-27(10-12-28)34(42)44-2)38(35(39)45)20-6-19-37-21-17-26(18-22-37)23-25-7-4-3-5-8-25/h3-5,7-16,26,31H,6,17-24H2,1-2H3,(H,36,40)/t31-/m0/s1. The highest BCUT2D eigenvalue weighted by Crippen LogP contribution is 2.29. The number of rotatable bonds is 12. The van der Waals surface area contributed by atoms with Gasteiger partial charge in [-0.25, -0.2) is 4.79 Å². The molecule has 2 heterocycles. The van der Waals surface area contributed by atoms with Gasteiger partial charge in [0.25, 0.3) is 5.91 Å². The number of methoxy groups -OCH3 is 2. The Morgan fingerprint density at radius 3 is 2.24 bits per heavy atom. The molecule has 5 rings (SSSR count). The highest BCUT2D eigenvalue weighted by Gasteiger charge is 2.44. The van der Waals surface area contributed by atoms with Crippen LogP contribution in [0.4, 0.5) is 11.4 Å². The first kappa shape index (κ1) is 32.1. The van der Waals surface area contributed by atoms with Gasteiger partial charge in [-0.2, -0.15) is 0 Å². The summed E-state index contributed by atoms with van der Waals surface area (Å²) < 4.78 is 10.0. The van der Waals surface area contributed by atoms with E-state index in [-0.39, 0.29) is 18.2 Å². The molecule has 236 valence electrons. The van der Waals surface area contributed by atoms with Crippen molar-refractivity contribution in [2.24, 2.45) is 5.92 Å². The van der Waals surface area contributed by atoms with Gasteiger partial charge >= 0.3 is 5.97 Å². The average molecular weight is 629 g/mol. The van der Waals surface area contributed by atoms with E-state index < -0.39 is 12.0 Å². The van der Waals surface area contributed by atoms with Crippen molar-refractivity contribution in [2.45, 2.75) is 38.1 Å². The zero-order valence-corrected chi connectivity index (χ0v) is 26.6. The number of carbonyl (C=O) groups is 3. The van der Waals surface area contributed by atoms with Gasteiger partial charge in [0.05, 0.1) is 31.9 Å². The lowest BCUT2D eigenvalue weighted by molar-refractivity contribution is -0.124. The molecule has 1 atom stereocenters. The lowest BCUT2D eigenvalue weighted by Crippen LogP contribution is -2.40. The predicted molar refractivity (Wildman–Crippen MR) is 179 cm³/mol. The maximum Gasteiger partial charge on any atom is 0.337 e. The summed E-state index contributed by atoms with van der Waals surface area (Å²) in [6.07, 6.45) is 4.23. The Morgan fingerprint density at radius 1 is 0.911 bits per heavy atom. The largest absolute Gasteiger partial charge is 0.497 e. The summed E-state index contributed by atoms with van der Waals surface area (Å²) >= 11 is 5.85. The molecule has 10 heteroatoms. The molecule has 45 heavy (non-hydrogen) atoms. The summed E-state index contributed by atoms with van der Waals surface area (Å²) in [5.74, 6) is 0.371. The Hall–Kier alpha value is -4.28. The lowest BCUT2D eigenvalue weighted by atomic mass is 9.90. The van der Waals surface area contributed by atoms with E-state index in [2.05, 4.69) is 40.5 Å². The van der Waals surface area contributed by atoms with Crippen molar-refractivity contribution >= 4 is 46.5 Å². The van der Waals surface area contributed by atoms with Crippen molar-refractivity contribution < 1.29 is 23.9 Å². The van der Waals surface area contributed by atoms with Crippen LogP contribution >= 0.6 is 12.2 Å². The van der Waals surface area contributed by atoms with Crippen LogP contribution < -0.4 is 15.0 Å². The molecule has 9 nitrogen and oxygen atoms in total. The first-order valence-corrected chi connectivity index (χ1v) is 15.8. The molecule has 2 amide bonds. The number of nitrogens with zero attached hydrogens (tertiary/aromatic N) is 3. The Labute approximate surface area is 270 Å². The second-order valence-corrected chi connectivity index (χ2v) is 11.9. The summed E-state index contributed by atoms with van der Waals surface area (Å²) in [7, 11) is 2.91. The molecule has 0 bridgehead atoms. The van der Waals surface area contributed by atoms with Crippen molar-refractivity contribution in [3.05, 3.63) is 90.0 Å². The fourth-order valence-corrected chi connectivity index (χ4v) is 6.49. The van der Waals surface area contributed by atoms with E-state index in [1.54, 1.807) is 55.6 Å². The van der Waals surface area contributed by atoms with E-state index in [4.69, 9.17) is 21.7 Å². The van der Waals surface area contributed by atoms with E-state index >= 15 is 0 Å². The van der Waals surface area contributed by atoms with E-state index in [1.807, 2.05) is 4.90 Å². The average Bonchev–Trinajstić information content (AvgIpc) is 3.29. The molecule has 2 saturated heterocycles. The molecule has 0 radical (unpaired) electrons. The van der Waals surface area contributed by atoms with Gasteiger partial charge in [0.1, 0.15) is 11.8 Å². The molecule has 2 aliphatic rings. The van der Waals surface area contributed by atoms with Crippen LogP contribution in [0.1, 0.15) is 41.6 Å². The first-order valence-electron chi connectivity index (χ1n) is 15.4. The number of likely N-dealkylation sites (tertiary alicyclic amines) is 1. The number of ether oxygens (including phenoxy) is 2. The first-order chi connectivity index (χ1) is 21.9. The van der Waals surface area contributed by atoms with Gasteiger partial charge in [0.2, 0.25) is 5.91 Å². The molecule has 3 aromatic rings. The molecule has 0 unspecified atom stereocenters. The minimum Gasteiger partial charge on any atom is -0.497 e. The number of carbonyl (C=O) groups excluding carboxylic acids is 3. The molecular weight excluding hydrogens is 588 g/mol. The normalized spacial score (nSPS) is 17.4. The van der Waals surface area contributed by atoms with E-state index in [1.165, 1.54) is 30.4 Å². The zero-order chi connectivity index (χ0) is 31.8. The van der Waals surface area contributed by atoms with Gasteiger partial charge < -0.3 is 24.6 Å². The molecule has 0 spiro atoms. The summed E-state index contributed by atoms with van der Waals surface area (Å²) in [4.78, 5) is 44.6. The minimum absolute atomic E-state index is 0.0603. The van der Waals surface area contributed by atoms with Gasteiger partial charge in [-0.3, -0.25) is 14.5 Å². The predicted octanol–water partition coefficient (Wildman–Crippen LogP) is 5.16. The number of thiocarbonyl (C=S) groups is 1. The summed E-state index contributed by atoms with van der Waals surface area (Å²) in [6, 6.07) is 23.6. The fourth-order valence-electron chi connectivity index (χ4n) is 6.08. The highest BCUT2D eigenvalue weighted by molar-refractivity contribution is 7.80. The zero-order valence-electron chi connectivity index (χ0n) is 25.8. The van der Waals surface area contributed by atoms with Gasteiger partial charge in [0, 0.05) is 12.2 Å². The number of amides is 2. The summed E-state index contributed by atoms with van der Waals surface area (Å²) in [5.41, 5.74) is 2.94. The molecule has 0 aliphatic carbocycles. The summed E-state index contributed by atoms with van der Waals surface area (Å²) in [5, 5.41) is 3.25. The van der Waals surface area contributed by atoms with E-state index in [9.17, 15) is 14.4 Å². The van der Waals surface area contributed by atoms with Crippen molar-refractivity contribution in [3.8, 4) is 5.75 Å². The Bertz CT molecular complexity index is 1470. The molecule has 2 aliphatic heterocycles. The monoisotopic (exact) mass is 628 g/mol. The third kappa shape index (κ3) is 8.06. The molecule has 2 fully saturated rings. The van der Waals surface area contributed by atoms with Crippen LogP contribution in [0.15, 0.2) is 78.9 Å². The van der Waals surface area contributed by atoms with Crippen molar-refractivity contribution in [3.63, 3.8) is 0 Å². The minimum atomic E-state index is -0.731. The van der Waals surface area contributed by atoms with Crippen LogP contribution in [0.3, 0.4) is 0 Å². The number of hydrogen-bond donors (Lipinski definition) is 1. The van der Waals surface area contributed by atoms with Crippen LogP contribution in [0.2, 0.25) is 0 Å². The van der Waals surface area contributed by atoms with Crippen LogP contribution in [-0.4, -0.2) is 79.1 Å². The third-order valence-electron chi connectivity index (χ3n) is 8.57. The van der Waals surface area contributed by atoms with Crippen molar-refractivity contribution in [1.82, 2.24) is 9.80 Å². The second-order valence-electron chi connectivity index (χ2n) is 11.5. The molecule has 0 saturated carbocycles. The maximum atomic E-state index is 13.8.